The molecule has 0 unspecified atom stereocenters. The van der Waals surface area contributed by atoms with Crippen molar-refractivity contribution < 1.29 is 14.3 Å². The summed E-state index contributed by atoms with van der Waals surface area (Å²) in [5, 5.41) is 3.00. The number of methoxy groups -OCH3 is 2. The van der Waals surface area contributed by atoms with E-state index in [0.29, 0.717) is 17.1 Å². The number of rotatable bonds is 6. The van der Waals surface area contributed by atoms with Crippen molar-refractivity contribution in [2.24, 2.45) is 0 Å². The molecule has 3 aromatic rings. The summed E-state index contributed by atoms with van der Waals surface area (Å²) in [7, 11) is 3.10. The number of carbonyl (C=O) groups excluding carboxylic acids is 1. The summed E-state index contributed by atoms with van der Waals surface area (Å²) < 4.78 is 12.4. The molecule has 0 bridgehead atoms. The third kappa shape index (κ3) is 3.69. The average molecular weight is 351 g/mol. The SMILES string of the molecule is COc1ccc(OC)c(C(=O)N[C@H](C)c2ccc(-n3ccnc3)cc2)c1. The van der Waals surface area contributed by atoms with Gasteiger partial charge in [0, 0.05) is 18.1 Å². The molecular formula is C20H21N3O3. The van der Waals surface area contributed by atoms with Gasteiger partial charge in [0.1, 0.15) is 11.5 Å². The second-order valence-corrected chi connectivity index (χ2v) is 5.82. The van der Waals surface area contributed by atoms with Gasteiger partial charge in [-0.15, -0.1) is 0 Å². The van der Waals surface area contributed by atoms with Crippen molar-refractivity contribution >= 4 is 5.91 Å². The molecule has 2 aromatic carbocycles. The number of hydrogen-bond donors (Lipinski definition) is 1. The summed E-state index contributed by atoms with van der Waals surface area (Å²) in [5.41, 5.74) is 2.46. The molecule has 0 spiro atoms. The fourth-order valence-corrected chi connectivity index (χ4v) is 2.70. The first-order valence-corrected chi connectivity index (χ1v) is 8.23. The molecule has 0 aliphatic carbocycles. The number of carbonyl (C=O) groups is 1. The highest BCUT2D eigenvalue weighted by Crippen LogP contribution is 2.25. The Morgan fingerprint density at radius 3 is 2.50 bits per heavy atom. The fourth-order valence-electron chi connectivity index (χ4n) is 2.70. The van der Waals surface area contributed by atoms with Crippen molar-refractivity contribution in [1.82, 2.24) is 14.9 Å². The maximum Gasteiger partial charge on any atom is 0.255 e. The maximum atomic E-state index is 12.7. The molecule has 6 heteroatoms. The molecule has 0 aliphatic rings. The van der Waals surface area contributed by atoms with Gasteiger partial charge >= 0.3 is 0 Å². The van der Waals surface area contributed by atoms with E-state index in [0.717, 1.165) is 11.3 Å². The van der Waals surface area contributed by atoms with Crippen molar-refractivity contribution in [2.45, 2.75) is 13.0 Å². The van der Waals surface area contributed by atoms with Crippen LogP contribution in [0, 0.1) is 0 Å². The van der Waals surface area contributed by atoms with Crippen molar-refractivity contribution in [2.75, 3.05) is 14.2 Å². The third-order valence-electron chi connectivity index (χ3n) is 4.19. The number of imidazole rings is 1. The number of aromatic nitrogens is 2. The van der Waals surface area contributed by atoms with Crippen LogP contribution in [0.3, 0.4) is 0 Å². The molecule has 1 atom stereocenters. The Hall–Kier alpha value is -3.28. The Bertz CT molecular complexity index is 874. The lowest BCUT2D eigenvalue weighted by Gasteiger charge is -2.17. The van der Waals surface area contributed by atoms with Crippen LogP contribution >= 0.6 is 0 Å². The van der Waals surface area contributed by atoms with Crippen LogP contribution in [-0.2, 0) is 0 Å². The summed E-state index contributed by atoms with van der Waals surface area (Å²) in [6.45, 7) is 1.94. The second-order valence-electron chi connectivity index (χ2n) is 5.82. The van der Waals surface area contributed by atoms with Gasteiger partial charge in [0.15, 0.2) is 0 Å². The Morgan fingerprint density at radius 2 is 1.88 bits per heavy atom. The molecule has 0 fully saturated rings. The minimum Gasteiger partial charge on any atom is -0.497 e. The summed E-state index contributed by atoms with van der Waals surface area (Å²) in [6.07, 6.45) is 5.36. The Labute approximate surface area is 152 Å². The molecule has 0 radical (unpaired) electrons. The number of ether oxygens (including phenoxy) is 2. The quantitative estimate of drug-likeness (QED) is 0.739. The Kier molecular flexibility index (Phi) is 5.22. The molecule has 1 heterocycles. The van der Waals surface area contributed by atoms with Gasteiger partial charge in [-0.1, -0.05) is 12.1 Å². The van der Waals surface area contributed by atoms with Crippen LogP contribution in [0.25, 0.3) is 5.69 Å². The number of hydrogen-bond acceptors (Lipinski definition) is 4. The van der Waals surface area contributed by atoms with Crippen molar-refractivity contribution in [3.8, 4) is 17.2 Å². The molecule has 1 amide bonds. The summed E-state index contributed by atoms with van der Waals surface area (Å²) in [6, 6.07) is 13.0. The van der Waals surface area contributed by atoms with Gasteiger partial charge in [-0.05, 0) is 42.8 Å². The molecule has 1 aromatic heterocycles. The standard InChI is InChI=1S/C20H21N3O3/c1-14(15-4-6-16(7-5-15)23-11-10-21-13-23)22-20(24)18-12-17(25-2)8-9-19(18)26-3/h4-14H,1-3H3,(H,22,24)/t14-/m1/s1. The smallest absolute Gasteiger partial charge is 0.255 e. The Morgan fingerprint density at radius 1 is 1.12 bits per heavy atom. The predicted molar refractivity (Wildman–Crippen MR) is 99.0 cm³/mol. The van der Waals surface area contributed by atoms with Crippen LogP contribution in [-0.4, -0.2) is 29.7 Å². The monoisotopic (exact) mass is 351 g/mol. The van der Waals surface area contributed by atoms with Crippen LogP contribution in [0.5, 0.6) is 11.5 Å². The van der Waals surface area contributed by atoms with E-state index in [9.17, 15) is 4.79 Å². The van der Waals surface area contributed by atoms with E-state index in [1.165, 1.54) is 7.11 Å². The van der Waals surface area contributed by atoms with Crippen molar-refractivity contribution in [3.63, 3.8) is 0 Å². The summed E-state index contributed by atoms with van der Waals surface area (Å²) >= 11 is 0. The molecule has 3 rings (SSSR count). The van der Waals surface area contributed by atoms with Crippen LogP contribution < -0.4 is 14.8 Å². The Balaban J connectivity index is 1.75. The van der Waals surface area contributed by atoms with E-state index in [2.05, 4.69) is 10.3 Å². The lowest BCUT2D eigenvalue weighted by atomic mass is 10.1. The first-order valence-electron chi connectivity index (χ1n) is 8.23. The highest BCUT2D eigenvalue weighted by Gasteiger charge is 2.16. The lowest BCUT2D eigenvalue weighted by molar-refractivity contribution is 0.0936. The van der Waals surface area contributed by atoms with E-state index < -0.39 is 0 Å². The zero-order valence-corrected chi connectivity index (χ0v) is 15.0. The van der Waals surface area contributed by atoms with Crippen LogP contribution in [0.1, 0.15) is 28.9 Å². The molecule has 26 heavy (non-hydrogen) atoms. The normalized spacial score (nSPS) is 11.7. The molecule has 0 aliphatic heterocycles. The minimum atomic E-state index is -0.216. The van der Waals surface area contributed by atoms with Crippen molar-refractivity contribution in [1.29, 1.82) is 0 Å². The third-order valence-corrected chi connectivity index (χ3v) is 4.19. The lowest BCUT2D eigenvalue weighted by Crippen LogP contribution is -2.27. The van der Waals surface area contributed by atoms with Gasteiger partial charge in [0.05, 0.1) is 32.2 Å². The first kappa shape index (κ1) is 17.5. The highest BCUT2D eigenvalue weighted by atomic mass is 16.5. The van der Waals surface area contributed by atoms with Crippen LogP contribution in [0.15, 0.2) is 61.2 Å². The van der Waals surface area contributed by atoms with Gasteiger partial charge in [0.25, 0.3) is 5.91 Å². The van der Waals surface area contributed by atoms with Gasteiger partial charge in [-0.3, -0.25) is 4.79 Å². The molecule has 134 valence electrons. The van der Waals surface area contributed by atoms with E-state index in [1.807, 2.05) is 42.0 Å². The zero-order chi connectivity index (χ0) is 18.5. The zero-order valence-electron chi connectivity index (χ0n) is 15.0. The van der Waals surface area contributed by atoms with E-state index in [-0.39, 0.29) is 11.9 Å². The predicted octanol–water partition coefficient (Wildman–Crippen LogP) is 3.38. The van der Waals surface area contributed by atoms with Crippen molar-refractivity contribution in [3.05, 3.63) is 72.3 Å². The number of nitrogens with one attached hydrogen (secondary N) is 1. The minimum absolute atomic E-state index is 0.157. The van der Waals surface area contributed by atoms with E-state index in [4.69, 9.17) is 9.47 Å². The average Bonchev–Trinajstić information content (AvgIpc) is 3.22. The molecule has 0 saturated carbocycles. The molecular weight excluding hydrogens is 330 g/mol. The van der Waals surface area contributed by atoms with E-state index in [1.54, 1.807) is 37.8 Å². The highest BCUT2D eigenvalue weighted by molar-refractivity contribution is 5.97. The second kappa shape index (κ2) is 7.74. The summed E-state index contributed by atoms with van der Waals surface area (Å²) in [5.74, 6) is 0.895. The molecule has 1 N–H and O–H groups in total. The number of amides is 1. The fraction of sp³-hybridized carbons (Fsp3) is 0.200. The first-order chi connectivity index (χ1) is 12.6. The molecule has 0 saturated heterocycles. The van der Waals surface area contributed by atoms with Gasteiger partial charge in [0.2, 0.25) is 0 Å². The topological polar surface area (TPSA) is 65.4 Å². The largest absolute Gasteiger partial charge is 0.497 e. The maximum absolute atomic E-state index is 12.7. The van der Waals surface area contributed by atoms with E-state index >= 15 is 0 Å². The summed E-state index contributed by atoms with van der Waals surface area (Å²) in [4.78, 5) is 16.7. The molecule has 6 nitrogen and oxygen atoms in total. The van der Waals surface area contributed by atoms with Crippen LogP contribution in [0.2, 0.25) is 0 Å². The number of benzene rings is 2. The van der Waals surface area contributed by atoms with Crippen LogP contribution in [0.4, 0.5) is 0 Å². The number of nitrogens with zero attached hydrogens (tertiary/aromatic N) is 2. The van der Waals surface area contributed by atoms with Gasteiger partial charge in [-0.25, -0.2) is 4.98 Å². The van der Waals surface area contributed by atoms with Gasteiger partial charge in [-0.2, -0.15) is 0 Å². The van der Waals surface area contributed by atoms with Gasteiger partial charge < -0.3 is 19.4 Å².